The molecule has 10 nitrogen and oxygen atoms in total. The van der Waals surface area contributed by atoms with Crippen molar-refractivity contribution in [2.24, 2.45) is 5.10 Å². The lowest BCUT2D eigenvalue weighted by Gasteiger charge is -2.05. The molecule has 10 heteroatoms. The van der Waals surface area contributed by atoms with Gasteiger partial charge in [0.05, 0.1) is 16.7 Å². The molecule has 0 aliphatic carbocycles. The van der Waals surface area contributed by atoms with Gasteiger partial charge in [0.15, 0.2) is 0 Å². The maximum atomic E-state index is 12.0. The number of nitro benzene ring substituents is 1. The summed E-state index contributed by atoms with van der Waals surface area (Å²) in [5, 5.41) is 33.2. The molecule has 0 spiro atoms. The van der Waals surface area contributed by atoms with Crippen LogP contribution in [0.4, 0.5) is 5.69 Å². The lowest BCUT2D eigenvalue weighted by Crippen LogP contribution is -2.19. The van der Waals surface area contributed by atoms with Gasteiger partial charge in [0.1, 0.15) is 17.2 Å². The van der Waals surface area contributed by atoms with E-state index in [1.165, 1.54) is 31.2 Å². The number of hydrogen-bond acceptors (Lipinski definition) is 7. The number of nitro groups is 1. The van der Waals surface area contributed by atoms with Gasteiger partial charge in [-0.1, -0.05) is 12.1 Å². The van der Waals surface area contributed by atoms with Gasteiger partial charge in [0, 0.05) is 6.07 Å². The number of para-hydroxylation sites is 1. The molecule has 3 N–H and O–H groups in total. The zero-order valence-electron chi connectivity index (χ0n) is 12.8. The molecule has 0 saturated heterocycles. The van der Waals surface area contributed by atoms with E-state index < -0.39 is 22.3 Å². The number of benzene rings is 1. The highest BCUT2D eigenvalue weighted by Gasteiger charge is 2.18. The van der Waals surface area contributed by atoms with E-state index in [2.05, 4.69) is 15.5 Å². The number of pyridine rings is 1. The van der Waals surface area contributed by atoms with Crippen LogP contribution in [0.2, 0.25) is 0 Å². The molecule has 2 rings (SSSR count). The van der Waals surface area contributed by atoms with E-state index in [0.29, 0.717) is 0 Å². The molecule has 0 saturated carbocycles. The van der Waals surface area contributed by atoms with Gasteiger partial charge in [0.2, 0.25) is 5.88 Å². The van der Waals surface area contributed by atoms with Crippen LogP contribution >= 0.6 is 0 Å². The predicted molar refractivity (Wildman–Crippen MR) is 86.3 cm³/mol. The summed E-state index contributed by atoms with van der Waals surface area (Å²) >= 11 is 0. The number of amides is 1. The second-order valence-electron chi connectivity index (χ2n) is 4.80. The molecule has 1 heterocycles. The minimum Gasteiger partial charge on any atom is -0.494 e. The Hall–Kier alpha value is -4.00. The Bertz CT molecular complexity index is 987. The van der Waals surface area contributed by atoms with Crippen LogP contribution in [0.3, 0.4) is 0 Å². The van der Waals surface area contributed by atoms with Gasteiger partial charge in [-0.25, -0.2) is 5.43 Å². The summed E-state index contributed by atoms with van der Waals surface area (Å²) in [6.07, 6.45) is 1.02. The third-order valence-electron chi connectivity index (χ3n) is 3.31. The Morgan fingerprint density at radius 2 is 2.16 bits per heavy atom. The number of H-pyrrole nitrogens is 1. The number of aromatic hydroxyl groups is 1. The molecule has 25 heavy (non-hydrogen) atoms. The summed E-state index contributed by atoms with van der Waals surface area (Å²) in [5.74, 6) is -1.35. The van der Waals surface area contributed by atoms with Gasteiger partial charge < -0.3 is 5.11 Å². The van der Waals surface area contributed by atoms with Crippen LogP contribution in [0, 0.1) is 28.4 Å². The fourth-order valence-corrected chi connectivity index (χ4v) is 2.05. The van der Waals surface area contributed by atoms with E-state index in [4.69, 9.17) is 5.26 Å². The van der Waals surface area contributed by atoms with Crippen LogP contribution in [-0.4, -0.2) is 27.1 Å². The van der Waals surface area contributed by atoms with Crippen molar-refractivity contribution in [2.45, 2.75) is 6.92 Å². The summed E-state index contributed by atoms with van der Waals surface area (Å²) in [5.41, 5.74) is 0.760. The molecular formula is C15H11N5O5. The zero-order valence-corrected chi connectivity index (χ0v) is 12.8. The highest BCUT2D eigenvalue weighted by atomic mass is 16.6. The number of hydrogen-bond donors (Lipinski definition) is 3. The highest BCUT2D eigenvalue weighted by Crippen LogP contribution is 2.18. The highest BCUT2D eigenvalue weighted by molar-refractivity contribution is 5.98. The average molecular weight is 341 g/mol. The van der Waals surface area contributed by atoms with Crippen molar-refractivity contribution in [3.05, 3.63) is 67.0 Å². The van der Waals surface area contributed by atoms with Crippen LogP contribution in [0.5, 0.6) is 5.88 Å². The first-order valence-corrected chi connectivity index (χ1v) is 6.79. The number of rotatable bonds is 4. The lowest BCUT2D eigenvalue weighted by molar-refractivity contribution is -0.385. The first kappa shape index (κ1) is 17.4. The molecule has 1 amide bonds. The number of aromatic amines is 1. The van der Waals surface area contributed by atoms with Crippen molar-refractivity contribution < 1.29 is 14.8 Å². The van der Waals surface area contributed by atoms with Crippen molar-refractivity contribution in [3.63, 3.8) is 0 Å². The van der Waals surface area contributed by atoms with Gasteiger partial charge in [0.25, 0.3) is 17.2 Å². The largest absolute Gasteiger partial charge is 0.494 e. The number of aromatic nitrogens is 1. The van der Waals surface area contributed by atoms with Crippen molar-refractivity contribution in [2.75, 3.05) is 0 Å². The average Bonchev–Trinajstić information content (AvgIpc) is 2.57. The molecule has 1 aromatic heterocycles. The fourth-order valence-electron chi connectivity index (χ4n) is 2.05. The number of nitriles is 1. The Balaban J connectivity index is 2.29. The summed E-state index contributed by atoms with van der Waals surface area (Å²) < 4.78 is 0. The fraction of sp³-hybridized carbons (Fsp3) is 0.0667. The van der Waals surface area contributed by atoms with Crippen molar-refractivity contribution in [1.82, 2.24) is 10.4 Å². The van der Waals surface area contributed by atoms with Gasteiger partial charge in [-0.3, -0.25) is 24.7 Å². The summed E-state index contributed by atoms with van der Waals surface area (Å²) in [7, 11) is 0. The van der Waals surface area contributed by atoms with Gasteiger partial charge >= 0.3 is 0 Å². The Morgan fingerprint density at radius 1 is 1.48 bits per heavy atom. The van der Waals surface area contributed by atoms with Crippen molar-refractivity contribution in [3.8, 4) is 11.9 Å². The van der Waals surface area contributed by atoms with Gasteiger partial charge in [-0.2, -0.15) is 10.4 Å². The molecule has 0 aliphatic rings. The minimum absolute atomic E-state index is 0.0269. The lowest BCUT2D eigenvalue weighted by atomic mass is 10.1. The Morgan fingerprint density at radius 3 is 2.80 bits per heavy atom. The molecule has 1 aromatic carbocycles. The van der Waals surface area contributed by atoms with Gasteiger partial charge in [-0.05, 0) is 18.6 Å². The molecule has 2 aromatic rings. The van der Waals surface area contributed by atoms with E-state index in [-0.39, 0.29) is 27.9 Å². The topological polar surface area (TPSA) is 161 Å². The second-order valence-corrected chi connectivity index (χ2v) is 4.80. The van der Waals surface area contributed by atoms with Crippen LogP contribution in [0.15, 0.2) is 34.2 Å². The minimum atomic E-state index is -0.828. The van der Waals surface area contributed by atoms with Crippen LogP contribution in [0.1, 0.15) is 27.0 Å². The quantitative estimate of drug-likeness (QED) is 0.426. The van der Waals surface area contributed by atoms with Crippen LogP contribution < -0.4 is 11.0 Å². The normalized spacial score (nSPS) is 10.4. The molecule has 0 aliphatic heterocycles. The van der Waals surface area contributed by atoms with E-state index in [9.17, 15) is 24.8 Å². The number of nitrogens with one attached hydrogen (secondary N) is 2. The Kier molecular flexibility index (Phi) is 4.89. The first-order valence-electron chi connectivity index (χ1n) is 6.79. The summed E-state index contributed by atoms with van der Waals surface area (Å²) in [6, 6.07) is 7.02. The van der Waals surface area contributed by atoms with E-state index >= 15 is 0 Å². The zero-order chi connectivity index (χ0) is 18.6. The predicted octanol–water partition coefficient (Wildman–Crippen LogP) is 0.933. The number of hydrazone groups is 1. The molecular weight excluding hydrogens is 330 g/mol. The van der Waals surface area contributed by atoms with E-state index in [0.717, 1.165) is 6.21 Å². The van der Waals surface area contributed by atoms with Crippen molar-refractivity contribution >= 4 is 17.8 Å². The summed E-state index contributed by atoms with van der Waals surface area (Å²) in [6.45, 7) is 1.43. The van der Waals surface area contributed by atoms with Gasteiger partial charge in [-0.15, -0.1) is 0 Å². The molecule has 0 fully saturated rings. The smallest absolute Gasteiger partial charge is 0.282 e. The number of nitrogens with zero attached hydrogens (tertiary/aromatic N) is 3. The molecule has 126 valence electrons. The second kappa shape index (κ2) is 7.05. The van der Waals surface area contributed by atoms with Crippen molar-refractivity contribution in [1.29, 1.82) is 5.26 Å². The number of carbonyl (C=O) groups excluding carboxylic acids is 1. The third-order valence-corrected chi connectivity index (χ3v) is 3.31. The monoisotopic (exact) mass is 341 g/mol. The number of carbonyl (C=O) groups is 1. The standard InChI is InChI=1S/C15H11N5O5/c1-8-10(6-16)13(21)18-14(22)11(8)7-17-19-15(23)9-4-2-3-5-12(9)20(24)25/h2-5,7H,1H3,(H,19,23)(H2,18,21,22)/b17-7+. The third kappa shape index (κ3) is 3.50. The molecule has 0 unspecified atom stereocenters. The summed E-state index contributed by atoms with van der Waals surface area (Å²) in [4.78, 5) is 35.8. The maximum absolute atomic E-state index is 12.0. The van der Waals surface area contributed by atoms with E-state index in [1.54, 1.807) is 6.07 Å². The van der Waals surface area contributed by atoms with Crippen LogP contribution in [0.25, 0.3) is 0 Å². The molecule has 0 radical (unpaired) electrons. The molecule has 0 bridgehead atoms. The first-order chi connectivity index (χ1) is 11.9. The van der Waals surface area contributed by atoms with Crippen LogP contribution in [-0.2, 0) is 0 Å². The Labute approximate surface area is 140 Å². The van der Waals surface area contributed by atoms with E-state index in [1.807, 2.05) is 0 Å². The SMILES string of the molecule is Cc1c(/C=N/NC(=O)c2ccccc2[N+](=O)[O-])c(O)[nH]c(=O)c1C#N. The molecule has 0 atom stereocenters. The maximum Gasteiger partial charge on any atom is 0.282 e.